The molecule has 1 aliphatic rings. The van der Waals surface area contributed by atoms with Gasteiger partial charge in [0.2, 0.25) is 35.4 Å². The number of carbonyl (C=O) groups excluding carboxylic acids is 6. The van der Waals surface area contributed by atoms with Gasteiger partial charge in [-0.05, 0) is 79.8 Å². The first-order valence-corrected chi connectivity index (χ1v) is 21.1. The lowest BCUT2D eigenvalue weighted by Crippen LogP contribution is -2.63. The number of carbonyl (C=O) groups is 6. The van der Waals surface area contributed by atoms with Crippen LogP contribution in [0.2, 0.25) is 0 Å². The molecule has 61 heavy (non-hydrogen) atoms. The van der Waals surface area contributed by atoms with Crippen LogP contribution in [0.4, 0.5) is 0 Å². The van der Waals surface area contributed by atoms with Crippen LogP contribution in [0.15, 0.2) is 85.1 Å². The molecule has 1 fully saturated rings. The molecule has 16 nitrogen and oxygen atoms in total. The zero-order valence-electron chi connectivity index (χ0n) is 34.3. The molecule has 0 spiro atoms. The number of hydrogen-bond donors (Lipinski definition) is 10. The molecular weight excluding hydrogens is 801 g/mol. The third-order valence-corrected chi connectivity index (χ3v) is 11.1. The van der Waals surface area contributed by atoms with Crippen LogP contribution in [-0.4, -0.2) is 117 Å². The van der Waals surface area contributed by atoms with Crippen molar-refractivity contribution in [3.05, 3.63) is 102 Å². The van der Waals surface area contributed by atoms with E-state index in [1.165, 1.54) is 31.0 Å². The highest BCUT2D eigenvalue weighted by molar-refractivity contribution is 7.80. The number of phenolic OH excluding ortho intramolecular Hbond substituents is 1. The van der Waals surface area contributed by atoms with Gasteiger partial charge in [0.25, 0.3) is 0 Å². The van der Waals surface area contributed by atoms with Crippen molar-refractivity contribution in [1.82, 2.24) is 36.5 Å². The van der Waals surface area contributed by atoms with E-state index in [4.69, 9.17) is 5.73 Å². The second kappa shape index (κ2) is 22.1. The molecule has 0 saturated carbocycles. The van der Waals surface area contributed by atoms with Crippen LogP contribution in [0.5, 0.6) is 5.75 Å². The number of aromatic amines is 1. The standard InChI is InChI=1S/C44H56N8O8S/c1-26(53)38-43(59)50-36(23-27-10-4-3-5-11-27)44(60)52(2)37(19-21-61)42(58)49-34(22-28-15-17-30(54)18-16-28)40(56)48-35(24-29-25-46-32-13-7-6-12-31(29)32)41(57)47-33(39(55)51-38)14-8-9-20-45/h3-7,10-13,15-18,25-26,33-38,46,53-54,61H,8-9,14,19-24,45H2,1-2H3,(H,47,57)(H,48,56)(H,49,58)(H,50,59)(H,51,55)/t26-,33+,34+,35-,36+,37+,38+/m1/s1. The summed E-state index contributed by atoms with van der Waals surface area (Å²) in [6.45, 7) is 1.63. The minimum absolute atomic E-state index is 0.00615. The van der Waals surface area contributed by atoms with Crippen molar-refractivity contribution in [2.24, 2.45) is 5.73 Å². The third kappa shape index (κ3) is 12.6. The average Bonchev–Trinajstić information content (AvgIpc) is 3.66. The van der Waals surface area contributed by atoms with Crippen molar-refractivity contribution >= 4 is 59.0 Å². The third-order valence-electron chi connectivity index (χ3n) is 10.8. The SMILES string of the molecule is C[C@@H](O)[C@@H]1NC(=O)[C@H](CCCCN)NC(=O)[C@@H](Cc2c[nH]c3ccccc23)NC(=O)[C@H](Cc2ccc(O)cc2)NC(=O)[C@H](CCS)N(C)C(=O)[C@H](Cc2ccccc2)NC1=O. The summed E-state index contributed by atoms with van der Waals surface area (Å²) < 4.78 is 0. The maximum atomic E-state index is 14.5. The number of H-pyrrole nitrogens is 1. The van der Waals surface area contributed by atoms with Crippen molar-refractivity contribution < 1.29 is 39.0 Å². The minimum atomic E-state index is -1.56. The van der Waals surface area contributed by atoms with Crippen molar-refractivity contribution in [3.8, 4) is 5.75 Å². The van der Waals surface area contributed by atoms with E-state index in [0.29, 0.717) is 36.1 Å². The van der Waals surface area contributed by atoms with E-state index >= 15 is 0 Å². The lowest BCUT2D eigenvalue weighted by molar-refractivity contribution is -0.143. The Morgan fingerprint density at radius 2 is 1.25 bits per heavy atom. The monoisotopic (exact) mass is 856 g/mol. The van der Waals surface area contributed by atoms with E-state index < -0.39 is 77.8 Å². The Kier molecular flexibility index (Phi) is 16.7. The molecule has 0 bridgehead atoms. The number of thiol groups is 1. The fraction of sp³-hybridized carbons (Fsp3) is 0.409. The van der Waals surface area contributed by atoms with Crippen molar-refractivity contribution in [2.45, 2.75) is 94.2 Å². The molecule has 2 heterocycles. The number of aromatic hydroxyl groups is 1. The van der Waals surface area contributed by atoms with Crippen LogP contribution in [0, 0.1) is 0 Å². The highest BCUT2D eigenvalue weighted by atomic mass is 32.1. The van der Waals surface area contributed by atoms with Crippen LogP contribution in [0.3, 0.4) is 0 Å². The summed E-state index contributed by atoms with van der Waals surface area (Å²) in [5.74, 6) is -4.28. The quantitative estimate of drug-likeness (QED) is 0.0680. The van der Waals surface area contributed by atoms with Gasteiger partial charge in [0.05, 0.1) is 6.10 Å². The Morgan fingerprint density at radius 3 is 1.92 bits per heavy atom. The number of likely N-dealkylation sites (N-methyl/N-ethyl adjacent to an activating group) is 1. The number of fused-ring (bicyclic) bond motifs is 1. The number of nitrogens with zero attached hydrogens (tertiary/aromatic N) is 1. The van der Waals surface area contributed by atoms with Crippen LogP contribution >= 0.6 is 12.6 Å². The maximum absolute atomic E-state index is 14.5. The van der Waals surface area contributed by atoms with Gasteiger partial charge in [-0.1, -0.05) is 60.7 Å². The largest absolute Gasteiger partial charge is 0.508 e. The summed E-state index contributed by atoms with van der Waals surface area (Å²) in [5.41, 5.74) is 8.50. The number of benzene rings is 3. The molecule has 326 valence electrons. The van der Waals surface area contributed by atoms with Crippen molar-refractivity contribution in [2.75, 3.05) is 19.3 Å². The summed E-state index contributed by atoms with van der Waals surface area (Å²) in [5, 5.41) is 35.4. The molecule has 0 radical (unpaired) electrons. The molecule has 7 atom stereocenters. The van der Waals surface area contributed by atoms with Crippen LogP contribution in [0.25, 0.3) is 10.9 Å². The van der Waals surface area contributed by atoms with Gasteiger partial charge in [-0.3, -0.25) is 28.8 Å². The predicted octanol–water partition coefficient (Wildman–Crippen LogP) is 0.996. The Balaban J connectivity index is 1.60. The van der Waals surface area contributed by atoms with Gasteiger partial charge < -0.3 is 52.4 Å². The highest BCUT2D eigenvalue weighted by Gasteiger charge is 2.38. The summed E-state index contributed by atoms with van der Waals surface area (Å²) >= 11 is 4.37. The summed E-state index contributed by atoms with van der Waals surface area (Å²) in [4.78, 5) is 90.3. The van der Waals surface area contributed by atoms with Gasteiger partial charge >= 0.3 is 0 Å². The molecule has 5 rings (SSSR count). The van der Waals surface area contributed by atoms with E-state index in [1.807, 2.05) is 24.3 Å². The molecule has 3 aromatic carbocycles. The number of aliphatic hydroxyl groups is 1. The Morgan fingerprint density at radius 1 is 0.672 bits per heavy atom. The number of para-hydroxylation sites is 1. The number of aromatic nitrogens is 1. The first-order chi connectivity index (χ1) is 29.3. The predicted molar refractivity (Wildman–Crippen MR) is 233 cm³/mol. The second-order valence-corrected chi connectivity index (χ2v) is 15.8. The Bertz CT molecular complexity index is 2130. The molecule has 0 aliphatic carbocycles. The normalized spacial score (nSPS) is 22.9. The van der Waals surface area contributed by atoms with Crippen molar-refractivity contribution in [1.29, 1.82) is 0 Å². The zero-order chi connectivity index (χ0) is 44.1. The molecule has 0 unspecified atom stereocenters. The maximum Gasteiger partial charge on any atom is 0.245 e. The fourth-order valence-electron chi connectivity index (χ4n) is 7.37. The minimum Gasteiger partial charge on any atom is -0.508 e. The summed E-state index contributed by atoms with van der Waals surface area (Å²) in [6.07, 6.45) is 1.26. The van der Waals surface area contributed by atoms with E-state index in [9.17, 15) is 39.0 Å². The first kappa shape index (κ1) is 46.2. The van der Waals surface area contributed by atoms with Gasteiger partial charge in [0.15, 0.2) is 0 Å². The molecule has 1 saturated heterocycles. The van der Waals surface area contributed by atoms with Gasteiger partial charge in [0.1, 0.15) is 42.0 Å². The number of hydrogen-bond acceptors (Lipinski definition) is 10. The Hall–Kier alpha value is -5.91. The molecule has 4 aromatic rings. The molecule has 17 heteroatoms. The molecule has 1 aromatic heterocycles. The number of rotatable bonds is 13. The number of amides is 6. The van der Waals surface area contributed by atoms with Crippen LogP contribution < -0.4 is 32.3 Å². The number of aliphatic hydroxyl groups excluding tert-OH is 1. The van der Waals surface area contributed by atoms with Crippen molar-refractivity contribution in [3.63, 3.8) is 0 Å². The smallest absolute Gasteiger partial charge is 0.245 e. The van der Waals surface area contributed by atoms with E-state index in [1.54, 1.807) is 48.7 Å². The zero-order valence-corrected chi connectivity index (χ0v) is 35.2. The highest BCUT2D eigenvalue weighted by Crippen LogP contribution is 2.20. The lowest BCUT2D eigenvalue weighted by atomic mass is 10.00. The lowest BCUT2D eigenvalue weighted by Gasteiger charge is -2.33. The van der Waals surface area contributed by atoms with E-state index in [0.717, 1.165) is 10.9 Å². The van der Waals surface area contributed by atoms with E-state index in [-0.39, 0.29) is 43.6 Å². The summed E-state index contributed by atoms with van der Waals surface area (Å²) in [7, 11) is 1.41. The van der Waals surface area contributed by atoms with E-state index in [2.05, 4.69) is 44.2 Å². The molecule has 6 amide bonds. The number of nitrogens with one attached hydrogen (secondary N) is 6. The van der Waals surface area contributed by atoms with Gasteiger partial charge in [-0.25, -0.2) is 0 Å². The molecule has 1 aliphatic heterocycles. The number of unbranched alkanes of at least 4 members (excludes halogenated alkanes) is 1. The fourth-order valence-corrected chi connectivity index (χ4v) is 7.62. The van der Waals surface area contributed by atoms with Gasteiger partial charge in [0, 0.05) is 43.4 Å². The van der Waals surface area contributed by atoms with Crippen LogP contribution in [0.1, 0.15) is 49.3 Å². The van der Waals surface area contributed by atoms with Gasteiger partial charge in [-0.15, -0.1) is 0 Å². The van der Waals surface area contributed by atoms with Crippen LogP contribution in [-0.2, 0) is 48.0 Å². The van der Waals surface area contributed by atoms with Gasteiger partial charge in [-0.2, -0.15) is 12.6 Å². The Labute approximate surface area is 360 Å². The number of phenols is 1. The summed E-state index contributed by atoms with van der Waals surface area (Å²) in [6, 6.07) is 14.5. The molecular formula is C44H56N8O8S. The second-order valence-electron chi connectivity index (χ2n) is 15.4. The topological polar surface area (TPSA) is 248 Å². The molecule has 10 N–H and O–H groups in total. The first-order valence-electron chi connectivity index (χ1n) is 20.4. The number of nitrogens with two attached hydrogens (primary N) is 1. The average molecular weight is 857 g/mol.